The molecule has 0 radical (unpaired) electrons. The van der Waals surface area contributed by atoms with Gasteiger partial charge in [0.05, 0.1) is 12.2 Å². The van der Waals surface area contributed by atoms with Crippen LogP contribution < -0.4 is 0 Å². The number of epoxide rings is 1. The van der Waals surface area contributed by atoms with E-state index in [2.05, 4.69) is 0 Å². The smallest absolute Gasteiger partial charge is 0.113 e. The van der Waals surface area contributed by atoms with Gasteiger partial charge in [0.2, 0.25) is 0 Å². The van der Waals surface area contributed by atoms with Crippen molar-refractivity contribution >= 4 is 0 Å². The molecular weight excluding hydrogens is 136 g/mol. The topological polar surface area (TPSA) is 73.2 Å². The summed E-state index contributed by atoms with van der Waals surface area (Å²) in [4.78, 5) is 0. The van der Waals surface area contributed by atoms with Gasteiger partial charge in [-0.25, -0.2) is 0 Å². The highest BCUT2D eigenvalue weighted by Gasteiger charge is 2.54. The summed E-state index contributed by atoms with van der Waals surface area (Å²) in [5.41, 5.74) is 0. The van der Waals surface area contributed by atoms with Crippen molar-refractivity contribution in [3.63, 3.8) is 0 Å². The van der Waals surface area contributed by atoms with Crippen molar-refractivity contribution < 1.29 is 20.1 Å². The van der Waals surface area contributed by atoms with Crippen LogP contribution in [0.5, 0.6) is 0 Å². The van der Waals surface area contributed by atoms with Gasteiger partial charge in [-0.3, -0.25) is 0 Å². The molecule has 1 saturated heterocycles. The Balaban J connectivity index is 2.07. The predicted octanol–water partition coefficient (Wildman–Crippen LogP) is -1.76. The maximum Gasteiger partial charge on any atom is 0.113 e. The van der Waals surface area contributed by atoms with Crippen LogP contribution in [0.2, 0.25) is 0 Å². The summed E-state index contributed by atoms with van der Waals surface area (Å²) in [5, 5.41) is 27.2. The molecule has 4 heteroatoms. The van der Waals surface area contributed by atoms with Gasteiger partial charge >= 0.3 is 0 Å². The minimum absolute atomic E-state index is 0.0200. The molecule has 3 N–H and O–H groups in total. The third-order valence-electron chi connectivity index (χ3n) is 2.18. The first-order chi connectivity index (χ1) is 4.70. The molecule has 58 valence electrons. The van der Waals surface area contributed by atoms with E-state index >= 15 is 0 Å². The second-order valence-electron chi connectivity index (χ2n) is 2.92. The summed E-state index contributed by atoms with van der Waals surface area (Å²) < 4.78 is 4.96. The van der Waals surface area contributed by atoms with Gasteiger partial charge in [0.15, 0.2) is 0 Å². The summed E-state index contributed by atoms with van der Waals surface area (Å²) in [6, 6.07) is 0. The molecule has 0 aromatic heterocycles. The maximum absolute atomic E-state index is 9.12. The molecule has 2 unspecified atom stereocenters. The largest absolute Gasteiger partial charge is 0.390 e. The summed E-state index contributed by atoms with van der Waals surface area (Å²) in [5.74, 6) is 0. The average Bonchev–Trinajstić information content (AvgIpc) is 2.62. The molecule has 1 heterocycles. The summed E-state index contributed by atoms with van der Waals surface area (Å²) in [6.45, 7) is 0. The minimum Gasteiger partial charge on any atom is -0.390 e. The lowest BCUT2D eigenvalue weighted by Gasteiger charge is -2.24. The number of fused-ring (bicyclic) bond motifs is 1. The fraction of sp³-hybridized carbons (Fsp3) is 1.00. The molecule has 0 bridgehead atoms. The van der Waals surface area contributed by atoms with E-state index in [4.69, 9.17) is 20.1 Å². The van der Waals surface area contributed by atoms with Crippen LogP contribution in [0.25, 0.3) is 0 Å². The second-order valence-corrected chi connectivity index (χ2v) is 2.92. The monoisotopic (exact) mass is 146 g/mol. The molecule has 0 aromatic rings. The summed E-state index contributed by atoms with van der Waals surface area (Å²) >= 11 is 0. The first kappa shape index (κ1) is 6.54. The molecule has 1 aliphatic carbocycles. The van der Waals surface area contributed by atoms with Gasteiger partial charge in [-0.2, -0.15) is 0 Å². The zero-order chi connectivity index (χ0) is 7.30. The van der Waals surface area contributed by atoms with E-state index in [-0.39, 0.29) is 12.2 Å². The van der Waals surface area contributed by atoms with E-state index in [1.165, 1.54) is 0 Å². The van der Waals surface area contributed by atoms with Gasteiger partial charge < -0.3 is 20.1 Å². The summed E-state index contributed by atoms with van der Waals surface area (Å²) in [7, 11) is 0. The van der Waals surface area contributed by atoms with Crippen molar-refractivity contribution in [3.05, 3.63) is 0 Å². The van der Waals surface area contributed by atoms with Crippen molar-refractivity contribution in [2.45, 2.75) is 36.9 Å². The maximum atomic E-state index is 9.12. The highest BCUT2D eigenvalue weighted by atomic mass is 16.6. The standard InChI is InChI=1S/C6H10O4/c7-2-1-3-6(10-3)5(9)4(2)8/h2-9H,1H2/t2-,3?,4+,5+,6?/m0/s1. The molecule has 1 saturated carbocycles. The lowest BCUT2D eigenvalue weighted by molar-refractivity contribution is -0.0759. The normalized spacial score (nSPS) is 59.7. The van der Waals surface area contributed by atoms with Gasteiger partial charge in [0.25, 0.3) is 0 Å². The predicted molar refractivity (Wildman–Crippen MR) is 31.3 cm³/mol. The third-order valence-corrected chi connectivity index (χ3v) is 2.18. The Bertz CT molecular complexity index is 147. The molecule has 2 aliphatic rings. The Morgan fingerprint density at radius 3 is 2.50 bits per heavy atom. The number of hydrogen-bond acceptors (Lipinski definition) is 4. The molecule has 0 spiro atoms. The lowest BCUT2D eigenvalue weighted by Crippen LogP contribution is -2.45. The van der Waals surface area contributed by atoms with E-state index in [9.17, 15) is 0 Å². The van der Waals surface area contributed by atoms with E-state index < -0.39 is 18.3 Å². The molecule has 4 nitrogen and oxygen atoms in total. The van der Waals surface area contributed by atoms with Crippen LogP contribution in [0.1, 0.15) is 6.42 Å². The van der Waals surface area contributed by atoms with Crippen LogP contribution in [0.4, 0.5) is 0 Å². The van der Waals surface area contributed by atoms with E-state index in [0.717, 1.165) is 0 Å². The number of ether oxygens (including phenoxy) is 1. The molecule has 10 heavy (non-hydrogen) atoms. The number of rotatable bonds is 0. The average molecular weight is 146 g/mol. The van der Waals surface area contributed by atoms with Crippen LogP contribution >= 0.6 is 0 Å². The first-order valence-corrected chi connectivity index (χ1v) is 3.40. The Morgan fingerprint density at radius 1 is 1.10 bits per heavy atom. The third kappa shape index (κ3) is 0.769. The second kappa shape index (κ2) is 1.92. The zero-order valence-corrected chi connectivity index (χ0v) is 5.34. The highest BCUT2D eigenvalue weighted by Crippen LogP contribution is 2.36. The van der Waals surface area contributed by atoms with E-state index in [1.807, 2.05) is 0 Å². The van der Waals surface area contributed by atoms with Gasteiger partial charge in [-0.1, -0.05) is 0 Å². The molecule has 1 aliphatic heterocycles. The van der Waals surface area contributed by atoms with Crippen LogP contribution in [-0.4, -0.2) is 45.8 Å². The van der Waals surface area contributed by atoms with Gasteiger partial charge in [-0.05, 0) is 0 Å². The Hall–Kier alpha value is -0.160. The van der Waals surface area contributed by atoms with Crippen LogP contribution in [0.3, 0.4) is 0 Å². The highest BCUT2D eigenvalue weighted by molar-refractivity contribution is 5.02. The first-order valence-electron chi connectivity index (χ1n) is 3.40. The van der Waals surface area contributed by atoms with Crippen molar-refractivity contribution in [1.29, 1.82) is 0 Å². The quantitative estimate of drug-likeness (QED) is 0.354. The van der Waals surface area contributed by atoms with Crippen LogP contribution in [0.15, 0.2) is 0 Å². The van der Waals surface area contributed by atoms with Crippen molar-refractivity contribution in [1.82, 2.24) is 0 Å². The SMILES string of the molecule is O[C@@H]1[C@@H](O)CC2OC2[C@@H]1O. The van der Waals surface area contributed by atoms with E-state index in [1.54, 1.807) is 0 Å². The Kier molecular flexibility index (Phi) is 1.25. The molecule has 0 aromatic carbocycles. The Labute approximate surface area is 58.0 Å². The molecule has 2 rings (SSSR count). The fourth-order valence-electron chi connectivity index (χ4n) is 1.45. The lowest BCUT2D eigenvalue weighted by atomic mass is 9.92. The van der Waals surface area contributed by atoms with Crippen LogP contribution in [0, 0.1) is 0 Å². The zero-order valence-electron chi connectivity index (χ0n) is 5.34. The van der Waals surface area contributed by atoms with Crippen molar-refractivity contribution in [3.8, 4) is 0 Å². The number of aliphatic hydroxyl groups is 3. The number of hydrogen-bond donors (Lipinski definition) is 3. The number of aliphatic hydroxyl groups excluding tert-OH is 3. The van der Waals surface area contributed by atoms with Crippen molar-refractivity contribution in [2.24, 2.45) is 0 Å². The molecule has 5 atom stereocenters. The Morgan fingerprint density at radius 2 is 1.80 bits per heavy atom. The van der Waals surface area contributed by atoms with Crippen LogP contribution in [-0.2, 0) is 4.74 Å². The van der Waals surface area contributed by atoms with Gasteiger partial charge in [0, 0.05) is 6.42 Å². The van der Waals surface area contributed by atoms with Crippen molar-refractivity contribution in [2.75, 3.05) is 0 Å². The molecule has 0 amide bonds. The summed E-state index contributed by atoms with van der Waals surface area (Å²) in [6.07, 6.45) is -2.54. The minimum atomic E-state index is -1.02. The van der Waals surface area contributed by atoms with E-state index in [0.29, 0.717) is 6.42 Å². The van der Waals surface area contributed by atoms with Gasteiger partial charge in [0.1, 0.15) is 18.3 Å². The molecule has 2 fully saturated rings. The molecular formula is C6H10O4. The van der Waals surface area contributed by atoms with Gasteiger partial charge in [-0.15, -0.1) is 0 Å². The fourth-order valence-corrected chi connectivity index (χ4v) is 1.45.